The van der Waals surface area contributed by atoms with Crippen LogP contribution in [0.2, 0.25) is 0 Å². The van der Waals surface area contributed by atoms with E-state index in [1.165, 1.54) is 60.5 Å². The summed E-state index contributed by atoms with van der Waals surface area (Å²) in [7, 11) is 0. The maximum atomic E-state index is 6.35. The van der Waals surface area contributed by atoms with Crippen molar-refractivity contribution in [2.75, 3.05) is 0 Å². The number of aromatic nitrogens is 5. The van der Waals surface area contributed by atoms with E-state index in [-0.39, 0.29) is 0 Å². The SMILES string of the molecule is C1=CC(n2c3cc(-c4ccccc4)ccc3c3c(-c4cccc5c4c4ccccc4n5-c4ccccc4-c4nc(-c5ccccc5)nc(-c5cccc6oc7ccccc7c56)n4)cccc32)=CCC1. The van der Waals surface area contributed by atoms with Crippen LogP contribution in [0.5, 0.6) is 0 Å². The maximum Gasteiger partial charge on any atom is 0.166 e. The highest BCUT2D eigenvalue weighted by molar-refractivity contribution is 6.23. The molecule has 0 saturated carbocycles. The third-order valence-corrected chi connectivity index (χ3v) is 13.8. The Hall–Kier alpha value is -9.13. The molecule has 324 valence electrons. The molecular weight excluding hydrogens is 843 g/mol. The van der Waals surface area contributed by atoms with Crippen molar-refractivity contribution < 1.29 is 4.42 Å². The lowest BCUT2D eigenvalue weighted by molar-refractivity contribution is 0.669. The Morgan fingerprint density at radius 1 is 0.362 bits per heavy atom. The zero-order valence-corrected chi connectivity index (χ0v) is 37.4. The Bertz CT molecular complexity index is 4250. The van der Waals surface area contributed by atoms with E-state index in [1.807, 2.05) is 48.5 Å². The molecule has 0 N–H and O–H groups in total. The van der Waals surface area contributed by atoms with Gasteiger partial charge in [-0.15, -0.1) is 0 Å². The smallest absolute Gasteiger partial charge is 0.166 e. The third kappa shape index (κ3) is 6.23. The molecule has 0 aliphatic heterocycles. The first-order chi connectivity index (χ1) is 34.2. The van der Waals surface area contributed by atoms with Crippen molar-refractivity contribution in [3.05, 3.63) is 224 Å². The first kappa shape index (κ1) is 39.1. The van der Waals surface area contributed by atoms with Gasteiger partial charge in [-0.2, -0.15) is 0 Å². The molecule has 0 fully saturated rings. The van der Waals surface area contributed by atoms with E-state index in [9.17, 15) is 0 Å². The summed E-state index contributed by atoms with van der Waals surface area (Å²) in [5, 5.41) is 6.83. The molecule has 0 radical (unpaired) electrons. The fourth-order valence-electron chi connectivity index (χ4n) is 10.8. The van der Waals surface area contributed by atoms with Gasteiger partial charge in [0.25, 0.3) is 0 Å². The summed E-state index contributed by atoms with van der Waals surface area (Å²) in [6.07, 6.45) is 9.03. The van der Waals surface area contributed by atoms with E-state index < -0.39 is 0 Å². The van der Waals surface area contributed by atoms with E-state index in [0.717, 1.165) is 68.2 Å². The Balaban J connectivity index is 1.01. The summed E-state index contributed by atoms with van der Waals surface area (Å²) < 4.78 is 11.2. The molecule has 0 saturated heterocycles. The Morgan fingerprint density at radius 2 is 0.942 bits per heavy atom. The molecule has 69 heavy (non-hydrogen) atoms. The van der Waals surface area contributed by atoms with Gasteiger partial charge in [0.1, 0.15) is 11.2 Å². The van der Waals surface area contributed by atoms with Crippen molar-refractivity contribution >= 4 is 71.2 Å². The highest BCUT2D eigenvalue weighted by Crippen LogP contribution is 2.46. The molecule has 13 aromatic rings. The van der Waals surface area contributed by atoms with Crippen LogP contribution in [-0.4, -0.2) is 24.1 Å². The number of nitrogens with zero attached hydrogens (tertiary/aromatic N) is 5. The predicted molar refractivity (Wildman–Crippen MR) is 284 cm³/mol. The van der Waals surface area contributed by atoms with Crippen molar-refractivity contribution in [2.45, 2.75) is 12.8 Å². The zero-order valence-electron chi connectivity index (χ0n) is 37.4. The van der Waals surface area contributed by atoms with Crippen LogP contribution in [0.15, 0.2) is 229 Å². The summed E-state index contributed by atoms with van der Waals surface area (Å²) in [6, 6.07) is 73.0. The molecule has 1 aliphatic rings. The Kier molecular flexibility index (Phi) is 8.92. The van der Waals surface area contributed by atoms with E-state index in [0.29, 0.717) is 17.5 Å². The second kappa shape index (κ2) is 15.8. The topological polar surface area (TPSA) is 61.7 Å². The molecule has 0 bridgehead atoms. The number of allylic oxidation sites excluding steroid dienone is 4. The quantitative estimate of drug-likeness (QED) is 0.160. The van der Waals surface area contributed by atoms with Gasteiger partial charge in [-0.3, -0.25) is 0 Å². The summed E-state index contributed by atoms with van der Waals surface area (Å²) in [6.45, 7) is 0. The van der Waals surface area contributed by atoms with Crippen LogP contribution < -0.4 is 0 Å². The number of benzene rings is 9. The van der Waals surface area contributed by atoms with Gasteiger partial charge in [0.05, 0.1) is 27.8 Å². The summed E-state index contributed by atoms with van der Waals surface area (Å²) in [5.74, 6) is 1.76. The molecule has 0 amide bonds. The van der Waals surface area contributed by atoms with Gasteiger partial charge in [-0.05, 0) is 89.7 Å². The third-order valence-electron chi connectivity index (χ3n) is 13.8. The van der Waals surface area contributed by atoms with Gasteiger partial charge in [0, 0.05) is 54.7 Å². The molecule has 0 atom stereocenters. The number of hydrogen-bond acceptors (Lipinski definition) is 4. The first-order valence-corrected chi connectivity index (χ1v) is 23.6. The Labute approximate surface area is 397 Å². The lowest BCUT2D eigenvalue weighted by Gasteiger charge is -2.15. The second-order valence-corrected chi connectivity index (χ2v) is 17.8. The first-order valence-electron chi connectivity index (χ1n) is 23.6. The average Bonchev–Trinajstić information content (AvgIpc) is 4.09. The van der Waals surface area contributed by atoms with Gasteiger partial charge in [-0.1, -0.05) is 170 Å². The van der Waals surface area contributed by atoms with Gasteiger partial charge in [-0.25, -0.2) is 15.0 Å². The largest absolute Gasteiger partial charge is 0.456 e. The number of furan rings is 1. The number of rotatable bonds is 7. The van der Waals surface area contributed by atoms with Crippen LogP contribution in [0.3, 0.4) is 0 Å². The normalized spacial score (nSPS) is 12.8. The maximum absolute atomic E-state index is 6.35. The predicted octanol–water partition coefficient (Wildman–Crippen LogP) is 16.5. The van der Waals surface area contributed by atoms with Crippen LogP contribution >= 0.6 is 0 Å². The van der Waals surface area contributed by atoms with E-state index >= 15 is 0 Å². The second-order valence-electron chi connectivity index (χ2n) is 17.8. The molecular formula is C63H41N5O. The molecule has 0 spiro atoms. The lowest BCUT2D eigenvalue weighted by atomic mass is 9.95. The van der Waals surface area contributed by atoms with Crippen molar-refractivity contribution in [1.82, 2.24) is 24.1 Å². The minimum absolute atomic E-state index is 0.581. The molecule has 4 heterocycles. The van der Waals surface area contributed by atoms with Gasteiger partial charge >= 0.3 is 0 Å². The van der Waals surface area contributed by atoms with Crippen LogP contribution in [-0.2, 0) is 0 Å². The molecule has 9 aromatic carbocycles. The highest BCUT2D eigenvalue weighted by Gasteiger charge is 2.24. The molecule has 1 aliphatic carbocycles. The van der Waals surface area contributed by atoms with Gasteiger partial charge < -0.3 is 13.6 Å². The van der Waals surface area contributed by atoms with Crippen LogP contribution in [0, 0.1) is 0 Å². The molecule has 0 unspecified atom stereocenters. The van der Waals surface area contributed by atoms with Crippen molar-refractivity contribution in [2.24, 2.45) is 0 Å². The summed E-state index contributed by atoms with van der Waals surface area (Å²) in [4.78, 5) is 15.8. The fraction of sp³-hybridized carbons (Fsp3) is 0.0317. The fourth-order valence-corrected chi connectivity index (χ4v) is 10.8. The van der Waals surface area contributed by atoms with E-state index in [1.54, 1.807) is 0 Å². The standard InChI is InChI=1S/C63H41N5O/c1-4-19-40(20-5-1)42-37-38-47-55(39-42)67(43-23-8-3-9-24-43)53-33-16-28-45(59(47)53)44-29-17-34-54-58(44)46-25-10-13-31-51(46)68(54)52-32-14-11-26-48(52)62-64-61(41-21-6-2-7-22-41)65-63(66-62)50-30-18-36-57-60(50)49-27-12-15-35-56(49)69-57/h1-2,4-8,10-39H,3,9H2. The van der Waals surface area contributed by atoms with Crippen LogP contribution in [0.4, 0.5) is 0 Å². The van der Waals surface area contributed by atoms with Crippen molar-refractivity contribution in [3.63, 3.8) is 0 Å². The molecule has 14 rings (SSSR count). The molecule has 4 aromatic heterocycles. The van der Waals surface area contributed by atoms with Crippen molar-refractivity contribution in [1.29, 1.82) is 0 Å². The van der Waals surface area contributed by atoms with E-state index in [4.69, 9.17) is 19.4 Å². The van der Waals surface area contributed by atoms with Gasteiger partial charge in [0.15, 0.2) is 17.5 Å². The Morgan fingerprint density at radius 3 is 1.72 bits per heavy atom. The summed E-state index contributed by atoms with van der Waals surface area (Å²) in [5.41, 5.74) is 15.9. The zero-order chi connectivity index (χ0) is 45.4. The number of hydrogen-bond donors (Lipinski definition) is 0. The van der Waals surface area contributed by atoms with Crippen LogP contribution in [0.1, 0.15) is 12.8 Å². The van der Waals surface area contributed by atoms with Crippen LogP contribution in [0.25, 0.3) is 133 Å². The number of para-hydroxylation sites is 3. The van der Waals surface area contributed by atoms with Crippen molar-refractivity contribution in [3.8, 4) is 62.1 Å². The van der Waals surface area contributed by atoms with Gasteiger partial charge in [0.2, 0.25) is 0 Å². The van der Waals surface area contributed by atoms with E-state index in [2.05, 4.69) is 185 Å². The molecule has 6 nitrogen and oxygen atoms in total. The highest BCUT2D eigenvalue weighted by atomic mass is 16.3. The number of fused-ring (bicyclic) bond motifs is 9. The lowest BCUT2D eigenvalue weighted by Crippen LogP contribution is -2.03. The minimum atomic E-state index is 0.581. The molecule has 6 heteroatoms. The minimum Gasteiger partial charge on any atom is -0.456 e. The monoisotopic (exact) mass is 883 g/mol. The average molecular weight is 884 g/mol. The summed E-state index contributed by atoms with van der Waals surface area (Å²) >= 11 is 0.